The summed E-state index contributed by atoms with van der Waals surface area (Å²) in [5.74, 6) is 0.140. The number of hydrogen-bond acceptors (Lipinski definition) is 3. The summed E-state index contributed by atoms with van der Waals surface area (Å²) in [7, 11) is 0. The van der Waals surface area contributed by atoms with Crippen molar-refractivity contribution >= 4 is 11.8 Å². The zero-order valence-electron chi connectivity index (χ0n) is 14.6. The van der Waals surface area contributed by atoms with Crippen molar-refractivity contribution in [1.29, 1.82) is 0 Å². The predicted molar refractivity (Wildman–Crippen MR) is 91.9 cm³/mol. The third-order valence-electron chi connectivity index (χ3n) is 5.13. The van der Waals surface area contributed by atoms with Crippen LogP contribution in [-0.2, 0) is 9.53 Å². The number of carbonyl (C=O) groups is 2. The van der Waals surface area contributed by atoms with E-state index in [9.17, 15) is 9.59 Å². The molecule has 130 valence electrons. The van der Waals surface area contributed by atoms with Crippen LogP contribution < -0.4 is 0 Å². The highest BCUT2D eigenvalue weighted by Gasteiger charge is 2.32. The minimum absolute atomic E-state index is 0.0394. The molecule has 2 amide bonds. The van der Waals surface area contributed by atoms with Crippen LogP contribution in [0.2, 0.25) is 0 Å². The Morgan fingerprint density at radius 2 is 1.79 bits per heavy atom. The first kappa shape index (κ1) is 17.0. The molecule has 0 saturated carbocycles. The molecule has 1 unspecified atom stereocenters. The Balaban J connectivity index is 1.67. The Bertz CT molecular complexity index is 623. The number of morpholine rings is 1. The molecule has 1 aromatic rings. The average Bonchev–Trinajstić information content (AvgIpc) is 2.63. The second-order valence-corrected chi connectivity index (χ2v) is 6.83. The molecule has 1 atom stereocenters. The molecule has 2 heterocycles. The van der Waals surface area contributed by atoms with Gasteiger partial charge in [0.2, 0.25) is 5.91 Å². The molecule has 2 fully saturated rings. The SMILES string of the molecule is Cc1ccc(C(=O)N2CCCC(C(=O)N3CCOCC3)C2)cc1C. The Labute approximate surface area is 143 Å². The van der Waals surface area contributed by atoms with Crippen molar-refractivity contribution < 1.29 is 14.3 Å². The number of likely N-dealkylation sites (tertiary alicyclic amines) is 1. The van der Waals surface area contributed by atoms with Crippen molar-refractivity contribution in [2.24, 2.45) is 5.92 Å². The van der Waals surface area contributed by atoms with Gasteiger partial charge in [-0.25, -0.2) is 0 Å². The van der Waals surface area contributed by atoms with E-state index in [0.717, 1.165) is 30.5 Å². The summed E-state index contributed by atoms with van der Waals surface area (Å²) < 4.78 is 5.32. The van der Waals surface area contributed by atoms with Gasteiger partial charge in [0.25, 0.3) is 5.91 Å². The van der Waals surface area contributed by atoms with Crippen molar-refractivity contribution in [3.05, 3.63) is 34.9 Å². The van der Waals surface area contributed by atoms with Crippen molar-refractivity contribution in [2.45, 2.75) is 26.7 Å². The Kier molecular flexibility index (Phi) is 5.19. The highest BCUT2D eigenvalue weighted by Crippen LogP contribution is 2.22. The summed E-state index contributed by atoms with van der Waals surface area (Å²) in [6.45, 7) is 7.89. The van der Waals surface area contributed by atoms with E-state index in [4.69, 9.17) is 4.74 Å². The Morgan fingerprint density at radius 1 is 1.04 bits per heavy atom. The second kappa shape index (κ2) is 7.34. The van der Waals surface area contributed by atoms with E-state index in [1.807, 2.05) is 41.8 Å². The van der Waals surface area contributed by atoms with E-state index in [0.29, 0.717) is 32.8 Å². The van der Waals surface area contributed by atoms with Crippen LogP contribution in [0.15, 0.2) is 18.2 Å². The molecular formula is C19H26N2O3. The molecule has 0 N–H and O–H groups in total. The fourth-order valence-corrected chi connectivity index (χ4v) is 3.46. The fraction of sp³-hybridized carbons (Fsp3) is 0.579. The van der Waals surface area contributed by atoms with Crippen molar-refractivity contribution in [3.63, 3.8) is 0 Å². The maximum absolute atomic E-state index is 12.8. The van der Waals surface area contributed by atoms with E-state index >= 15 is 0 Å². The topological polar surface area (TPSA) is 49.9 Å². The Morgan fingerprint density at radius 3 is 2.50 bits per heavy atom. The van der Waals surface area contributed by atoms with Crippen LogP contribution in [0.3, 0.4) is 0 Å². The molecule has 24 heavy (non-hydrogen) atoms. The van der Waals surface area contributed by atoms with Crippen LogP contribution in [0.5, 0.6) is 0 Å². The second-order valence-electron chi connectivity index (χ2n) is 6.83. The van der Waals surface area contributed by atoms with Crippen LogP contribution >= 0.6 is 0 Å². The van der Waals surface area contributed by atoms with Gasteiger partial charge in [0.05, 0.1) is 19.1 Å². The van der Waals surface area contributed by atoms with Crippen LogP contribution in [0, 0.1) is 19.8 Å². The van der Waals surface area contributed by atoms with Crippen molar-refractivity contribution in [3.8, 4) is 0 Å². The first-order valence-electron chi connectivity index (χ1n) is 8.79. The van der Waals surface area contributed by atoms with Crippen molar-refractivity contribution in [2.75, 3.05) is 39.4 Å². The van der Waals surface area contributed by atoms with Gasteiger partial charge in [-0.15, -0.1) is 0 Å². The molecule has 0 aliphatic carbocycles. The summed E-state index contributed by atoms with van der Waals surface area (Å²) >= 11 is 0. The molecule has 2 aliphatic heterocycles. The molecule has 5 nitrogen and oxygen atoms in total. The van der Waals surface area contributed by atoms with Gasteiger partial charge in [-0.05, 0) is 49.9 Å². The molecule has 3 rings (SSSR count). The highest BCUT2D eigenvalue weighted by atomic mass is 16.5. The number of benzene rings is 1. The zero-order valence-corrected chi connectivity index (χ0v) is 14.6. The number of amides is 2. The van der Waals surface area contributed by atoms with Gasteiger partial charge in [0.15, 0.2) is 0 Å². The first-order chi connectivity index (χ1) is 11.6. The largest absolute Gasteiger partial charge is 0.378 e. The molecule has 0 spiro atoms. The molecule has 2 aliphatic rings. The number of ether oxygens (including phenoxy) is 1. The molecule has 2 saturated heterocycles. The van der Waals surface area contributed by atoms with Crippen LogP contribution in [0.4, 0.5) is 0 Å². The predicted octanol–water partition coefficient (Wildman–Crippen LogP) is 2.01. The third-order valence-corrected chi connectivity index (χ3v) is 5.13. The molecule has 0 aromatic heterocycles. The summed E-state index contributed by atoms with van der Waals surface area (Å²) in [5, 5.41) is 0. The number of piperidine rings is 1. The van der Waals surface area contributed by atoms with Gasteiger partial charge in [-0.2, -0.15) is 0 Å². The number of nitrogens with zero attached hydrogens (tertiary/aromatic N) is 2. The van der Waals surface area contributed by atoms with Crippen LogP contribution in [-0.4, -0.2) is 61.0 Å². The minimum Gasteiger partial charge on any atom is -0.378 e. The Hall–Kier alpha value is -1.88. The zero-order chi connectivity index (χ0) is 17.1. The molecule has 0 radical (unpaired) electrons. The van der Waals surface area contributed by atoms with E-state index in [-0.39, 0.29) is 17.7 Å². The van der Waals surface area contributed by atoms with Crippen LogP contribution in [0.1, 0.15) is 34.3 Å². The lowest BCUT2D eigenvalue weighted by molar-refractivity contribution is -0.141. The van der Waals surface area contributed by atoms with Gasteiger partial charge in [0.1, 0.15) is 0 Å². The molecule has 5 heteroatoms. The maximum atomic E-state index is 12.8. The number of rotatable bonds is 2. The summed E-state index contributed by atoms with van der Waals surface area (Å²) in [4.78, 5) is 29.2. The first-order valence-corrected chi connectivity index (χ1v) is 8.79. The quantitative estimate of drug-likeness (QED) is 0.833. The van der Waals surface area contributed by atoms with E-state index in [1.54, 1.807) is 0 Å². The van der Waals surface area contributed by atoms with Gasteiger partial charge in [-0.3, -0.25) is 9.59 Å². The minimum atomic E-state index is -0.0765. The highest BCUT2D eigenvalue weighted by molar-refractivity contribution is 5.95. The summed E-state index contributed by atoms with van der Waals surface area (Å²) in [6.07, 6.45) is 1.75. The smallest absolute Gasteiger partial charge is 0.253 e. The maximum Gasteiger partial charge on any atom is 0.253 e. The summed E-state index contributed by atoms with van der Waals surface area (Å²) in [6, 6.07) is 5.83. The standard InChI is InChI=1S/C19H26N2O3/c1-14-5-6-16(12-15(14)2)18(22)21-7-3-4-17(13-21)19(23)20-8-10-24-11-9-20/h5-6,12,17H,3-4,7-11,13H2,1-2H3. The van der Waals surface area contributed by atoms with E-state index in [2.05, 4.69) is 0 Å². The molecular weight excluding hydrogens is 304 g/mol. The lowest BCUT2D eigenvalue weighted by Gasteiger charge is -2.36. The van der Waals surface area contributed by atoms with E-state index < -0.39 is 0 Å². The van der Waals surface area contributed by atoms with Gasteiger partial charge in [0, 0.05) is 31.7 Å². The lowest BCUT2D eigenvalue weighted by atomic mass is 9.95. The van der Waals surface area contributed by atoms with Gasteiger partial charge < -0.3 is 14.5 Å². The van der Waals surface area contributed by atoms with Gasteiger partial charge >= 0.3 is 0 Å². The van der Waals surface area contributed by atoms with E-state index in [1.165, 1.54) is 5.56 Å². The molecule has 1 aromatic carbocycles. The van der Waals surface area contributed by atoms with Gasteiger partial charge in [-0.1, -0.05) is 6.07 Å². The van der Waals surface area contributed by atoms with Crippen molar-refractivity contribution in [1.82, 2.24) is 9.80 Å². The summed E-state index contributed by atoms with van der Waals surface area (Å²) in [5.41, 5.74) is 3.03. The molecule has 0 bridgehead atoms. The fourth-order valence-electron chi connectivity index (χ4n) is 3.46. The number of carbonyl (C=O) groups excluding carboxylic acids is 2. The van der Waals surface area contributed by atoms with Crippen LogP contribution in [0.25, 0.3) is 0 Å². The lowest BCUT2D eigenvalue weighted by Crippen LogP contribution is -2.49. The number of aryl methyl sites for hydroxylation is 2. The monoisotopic (exact) mass is 330 g/mol. The number of hydrogen-bond donors (Lipinski definition) is 0. The normalized spacial score (nSPS) is 21.7. The third kappa shape index (κ3) is 3.61. The average molecular weight is 330 g/mol.